The molecule has 0 spiro atoms. The van der Waals surface area contributed by atoms with Crippen LogP contribution in [0.5, 0.6) is 23.0 Å². The largest absolute Gasteiger partial charge is 0.495 e. The van der Waals surface area contributed by atoms with Gasteiger partial charge in [0.25, 0.3) is 11.8 Å². The zero-order valence-corrected chi connectivity index (χ0v) is 65.8. The molecule has 4 unspecified atom stereocenters. The van der Waals surface area contributed by atoms with Crippen molar-refractivity contribution in [1.29, 1.82) is 0 Å². The van der Waals surface area contributed by atoms with Crippen molar-refractivity contribution in [2.24, 2.45) is 30.4 Å². The third-order valence-electron chi connectivity index (χ3n) is 14.9. The van der Waals surface area contributed by atoms with Crippen LogP contribution in [0.4, 0.5) is 22.7 Å². The second-order valence-electron chi connectivity index (χ2n) is 24.0. The minimum absolute atomic E-state index is 0.00330. The lowest BCUT2D eigenvalue weighted by atomic mass is 10.1. The fraction of sp³-hybridized carbons (Fsp3) is 0.641. The number of aliphatic imine (C=N–C) groups is 2. The number of hydrogen-bond acceptors (Lipinski definition) is 31. The summed E-state index contributed by atoms with van der Waals surface area (Å²) in [5.41, 5.74) is 2.70. The molecule has 33 nitrogen and oxygen atoms in total. The van der Waals surface area contributed by atoms with Gasteiger partial charge < -0.3 is 120 Å². The number of ether oxygens (including phenoxy) is 21. The van der Waals surface area contributed by atoms with Crippen molar-refractivity contribution in [3.05, 3.63) is 97.1 Å². The van der Waals surface area contributed by atoms with Gasteiger partial charge in [-0.3, -0.25) is 19.6 Å². The fourth-order valence-electron chi connectivity index (χ4n) is 9.45. The molecule has 4 atom stereocenters. The molecule has 0 heterocycles. The number of aliphatic hydroxyl groups is 2. The highest BCUT2D eigenvalue weighted by atomic mass is 16.6. The van der Waals surface area contributed by atoms with Crippen LogP contribution >= 0.6 is 0 Å². The van der Waals surface area contributed by atoms with Gasteiger partial charge in [-0.15, -0.1) is 0 Å². The molecule has 0 aliphatic heterocycles. The molecule has 111 heavy (non-hydrogen) atoms. The van der Waals surface area contributed by atoms with E-state index in [1.165, 1.54) is 14.2 Å². The van der Waals surface area contributed by atoms with Crippen molar-refractivity contribution < 1.29 is 119 Å². The van der Waals surface area contributed by atoms with Gasteiger partial charge in [-0.05, 0) is 100 Å². The van der Waals surface area contributed by atoms with Gasteiger partial charge in [0.05, 0.1) is 287 Å². The number of nitrogens with zero attached hydrogens (tertiary/aromatic N) is 6. The van der Waals surface area contributed by atoms with Crippen LogP contribution in [0.25, 0.3) is 0 Å². The molecule has 0 fully saturated rings. The quantitative estimate of drug-likeness (QED) is 0.0184. The molecule has 0 aliphatic rings. The van der Waals surface area contributed by atoms with Crippen LogP contribution in [0.15, 0.2) is 128 Å². The number of amides is 2. The maximum absolute atomic E-state index is 14.0. The molecular formula is C78H122N8O25. The van der Waals surface area contributed by atoms with E-state index in [0.29, 0.717) is 295 Å². The van der Waals surface area contributed by atoms with Crippen molar-refractivity contribution in [2.45, 2.75) is 64.7 Å². The zero-order chi connectivity index (χ0) is 79.3. The Morgan fingerprint density at radius 1 is 0.333 bits per heavy atom. The standard InChI is InChI=1S/C78H122N8O25/c1-63(79-65(3)75(77(89)81-71-13-7-9-15-73(71)91-5)85-83-67-17-21-69(22-18-67)110-29-11-27-93-33-37-97-41-45-101-49-53-105-57-59-107-55-51-103-47-43-99-39-35-95-31-25-87)61-109-62-64(2)80-66(4)76(78(90)82-72-14-8-10-16-74(72)92-6)86-84-68-19-23-70(24-20-68)111-30-12-28-94-34-38-98-42-46-102-50-54-106-58-60-108-56-52-104-48-44-100-40-36-96-32-26-88/h7-10,13-24,63-64,75-76,87-88H,11-12,25-62H2,1-6H3,(H,81,89)(H,82,90). The van der Waals surface area contributed by atoms with Crippen molar-refractivity contribution in [1.82, 2.24) is 0 Å². The number of hydrogen-bond donors (Lipinski definition) is 4. The predicted molar refractivity (Wildman–Crippen MR) is 416 cm³/mol. The maximum Gasteiger partial charge on any atom is 0.257 e. The molecule has 4 aromatic rings. The Bertz CT molecular complexity index is 2860. The van der Waals surface area contributed by atoms with Gasteiger partial charge in [-0.1, -0.05) is 24.3 Å². The minimum Gasteiger partial charge on any atom is -0.495 e. The Labute approximate surface area is 653 Å². The summed E-state index contributed by atoms with van der Waals surface area (Å²) in [5, 5.41) is 41.1. The molecular weight excluding hydrogens is 1450 g/mol. The lowest BCUT2D eigenvalue weighted by Gasteiger charge is -2.17. The van der Waals surface area contributed by atoms with Crippen LogP contribution in [0.1, 0.15) is 40.5 Å². The van der Waals surface area contributed by atoms with E-state index in [1.807, 2.05) is 13.8 Å². The van der Waals surface area contributed by atoms with Crippen LogP contribution < -0.4 is 29.6 Å². The Morgan fingerprint density at radius 3 is 0.847 bits per heavy atom. The van der Waals surface area contributed by atoms with Crippen molar-refractivity contribution in [2.75, 3.05) is 276 Å². The normalized spacial score (nSPS) is 13.1. The van der Waals surface area contributed by atoms with E-state index in [0.717, 1.165) is 0 Å². The summed E-state index contributed by atoms with van der Waals surface area (Å²) in [6.45, 7) is 22.8. The Morgan fingerprint density at radius 2 is 0.586 bits per heavy atom. The van der Waals surface area contributed by atoms with Gasteiger partial charge in [0.15, 0.2) is 12.1 Å². The number of aliphatic hydroxyl groups excluding tert-OH is 2. The van der Waals surface area contributed by atoms with Gasteiger partial charge in [0, 0.05) is 37.5 Å². The fourth-order valence-corrected chi connectivity index (χ4v) is 9.45. The van der Waals surface area contributed by atoms with E-state index in [9.17, 15) is 9.59 Å². The van der Waals surface area contributed by atoms with E-state index in [-0.39, 0.29) is 26.4 Å². The molecule has 2 amide bonds. The number of benzene rings is 4. The van der Waals surface area contributed by atoms with Gasteiger partial charge >= 0.3 is 0 Å². The first kappa shape index (κ1) is 96.2. The summed E-state index contributed by atoms with van der Waals surface area (Å²) in [6.07, 6.45) is 1.33. The number of carbonyl (C=O) groups excluding carboxylic acids is 2. The minimum atomic E-state index is -1.12. The second kappa shape index (κ2) is 67.3. The molecule has 4 N–H and O–H groups in total. The molecule has 0 saturated carbocycles. The van der Waals surface area contributed by atoms with Crippen LogP contribution in [-0.2, 0) is 90.1 Å². The molecule has 0 radical (unpaired) electrons. The summed E-state index contributed by atoms with van der Waals surface area (Å²) in [6, 6.07) is 25.2. The Kier molecular flexibility index (Phi) is 58.3. The highest BCUT2D eigenvalue weighted by molar-refractivity contribution is 6.13. The predicted octanol–water partition coefficient (Wildman–Crippen LogP) is 8.09. The van der Waals surface area contributed by atoms with Gasteiger partial charge in [0.1, 0.15) is 23.0 Å². The summed E-state index contributed by atoms with van der Waals surface area (Å²) in [7, 11) is 3.05. The average Bonchev–Trinajstić information content (AvgIpc) is 0.861. The van der Waals surface area contributed by atoms with Gasteiger partial charge in [-0.2, -0.15) is 20.5 Å². The first-order chi connectivity index (χ1) is 54.5. The Balaban J connectivity index is 1.13. The Hall–Kier alpha value is -7.20. The lowest BCUT2D eigenvalue weighted by Crippen LogP contribution is -2.33. The first-order valence-electron chi connectivity index (χ1n) is 37.8. The SMILES string of the molecule is COc1ccccc1NC(=O)C(N=Nc1ccc(OCCCOCCOCCOCCOCCOCCOCCOCCOCCO)cc1)C(C)=NC(C)COCC(C)N=C(C)C(N=Nc1ccc(OCCCOCCOCCOCCOCCOCCOCCOCCOCCO)cc1)C(=O)Nc1ccccc1OC. The molecule has 0 aromatic heterocycles. The van der Waals surface area contributed by atoms with E-state index < -0.39 is 36.0 Å². The van der Waals surface area contributed by atoms with E-state index in [4.69, 9.17) is 120 Å². The topological polar surface area (TPSA) is 367 Å². The number of carbonyl (C=O) groups is 2. The molecule has 0 aliphatic carbocycles. The monoisotopic (exact) mass is 1570 g/mol. The number of methoxy groups -OCH3 is 2. The zero-order valence-electron chi connectivity index (χ0n) is 65.8. The van der Waals surface area contributed by atoms with Crippen LogP contribution in [-0.4, -0.2) is 323 Å². The second-order valence-corrected chi connectivity index (χ2v) is 24.0. The van der Waals surface area contributed by atoms with Crippen molar-refractivity contribution in [3.63, 3.8) is 0 Å². The summed E-state index contributed by atoms with van der Waals surface area (Å²) >= 11 is 0. The number of rotatable bonds is 74. The number of anilines is 2. The van der Waals surface area contributed by atoms with E-state index in [2.05, 4.69) is 31.1 Å². The molecule has 0 saturated heterocycles. The van der Waals surface area contributed by atoms with Crippen LogP contribution in [0, 0.1) is 0 Å². The van der Waals surface area contributed by atoms with Crippen molar-refractivity contribution >= 4 is 46.0 Å². The van der Waals surface area contributed by atoms with Crippen LogP contribution in [0.2, 0.25) is 0 Å². The summed E-state index contributed by atoms with van der Waals surface area (Å²) in [4.78, 5) is 37.7. The lowest BCUT2D eigenvalue weighted by molar-refractivity contribution is -0.116. The number of nitrogens with one attached hydrogen (secondary N) is 2. The summed E-state index contributed by atoms with van der Waals surface area (Å²) < 4.78 is 117. The molecule has 624 valence electrons. The average molecular weight is 1570 g/mol. The van der Waals surface area contributed by atoms with Gasteiger partial charge in [0.2, 0.25) is 0 Å². The smallest absolute Gasteiger partial charge is 0.257 e. The number of para-hydroxylation sites is 4. The summed E-state index contributed by atoms with van der Waals surface area (Å²) in [5.74, 6) is 1.27. The molecule has 33 heteroatoms. The third kappa shape index (κ3) is 49.8. The van der Waals surface area contributed by atoms with Crippen molar-refractivity contribution in [3.8, 4) is 23.0 Å². The first-order valence-corrected chi connectivity index (χ1v) is 37.8. The van der Waals surface area contributed by atoms with Gasteiger partial charge in [-0.25, -0.2) is 0 Å². The maximum atomic E-state index is 14.0. The highest BCUT2D eigenvalue weighted by Gasteiger charge is 2.26. The third-order valence-corrected chi connectivity index (χ3v) is 14.9. The van der Waals surface area contributed by atoms with E-state index in [1.54, 1.807) is 111 Å². The molecule has 0 bridgehead atoms. The molecule has 4 rings (SSSR count). The van der Waals surface area contributed by atoms with E-state index >= 15 is 0 Å². The van der Waals surface area contributed by atoms with Crippen LogP contribution in [0.3, 0.4) is 0 Å². The molecule has 4 aromatic carbocycles. The number of azo groups is 2. The highest BCUT2D eigenvalue weighted by Crippen LogP contribution is 2.27.